The maximum absolute atomic E-state index is 13.8. The van der Waals surface area contributed by atoms with Crippen molar-refractivity contribution in [2.45, 2.75) is 63.1 Å². The van der Waals surface area contributed by atoms with Gasteiger partial charge in [0.25, 0.3) is 11.8 Å². The van der Waals surface area contributed by atoms with E-state index in [0.29, 0.717) is 12.8 Å². The number of Topliss-reactive ketones (excluding diaryl/α,β-unsaturated/α-hetero) is 1. The summed E-state index contributed by atoms with van der Waals surface area (Å²) >= 11 is 12.5. The van der Waals surface area contributed by atoms with Crippen molar-refractivity contribution in [3.8, 4) is 11.3 Å². The number of amides is 4. The van der Waals surface area contributed by atoms with E-state index in [1.165, 1.54) is 11.2 Å². The molecule has 3 heterocycles. The summed E-state index contributed by atoms with van der Waals surface area (Å²) < 4.78 is 5.58. The number of carboxylic acid groups (broad SMARTS) is 1. The number of fused-ring (bicyclic) bond motifs is 1. The Bertz CT molecular complexity index is 1680. The maximum atomic E-state index is 13.8. The van der Waals surface area contributed by atoms with Gasteiger partial charge in [0.05, 0.1) is 28.2 Å². The van der Waals surface area contributed by atoms with Crippen LogP contribution in [0.4, 0.5) is 0 Å². The van der Waals surface area contributed by atoms with Gasteiger partial charge in [0.1, 0.15) is 18.1 Å². The van der Waals surface area contributed by atoms with Crippen LogP contribution < -0.4 is 10.6 Å². The van der Waals surface area contributed by atoms with E-state index in [1.807, 2.05) is 30.3 Å². The van der Waals surface area contributed by atoms with Crippen LogP contribution in [0.15, 0.2) is 59.1 Å². The lowest BCUT2D eigenvalue weighted by atomic mass is 10.0. The summed E-state index contributed by atoms with van der Waals surface area (Å²) in [5.41, 5.74) is 1.22. The first-order chi connectivity index (χ1) is 22.5. The smallest absolute Gasteiger partial charge is 0.305 e. The fraction of sp³-hybridized carbons (Fsp3) is 0.344. The zero-order valence-corrected chi connectivity index (χ0v) is 26.5. The molecular formula is C32H31Cl2N5O8. The van der Waals surface area contributed by atoms with E-state index in [0.717, 1.165) is 10.6 Å². The predicted octanol–water partition coefficient (Wildman–Crippen LogP) is 3.44. The van der Waals surface area contributed by atoms with Crippen LogP contribution in [0.2, 0.25) is 10.0 Å². The lowest BCUT2D eigenvalue weighted by molar-refractivity contribution is -0.176. The van der Waals surface area contributed by atoms with Crippen molar-refractivity contribution in [3.05, 3.63) is 76.2 Å². The Morgan fingerprint density at radius 1 is 1.02 bits per heavy atom. The molecule has 2 aliphatic rings. The summed E-state index contributed by atoms with van der Waals surface area (Å²) in [6, 6.07) is 10.1. The second-order valence-corrected chi connectivity index (χ2v) is 12.0. The number of nitrogens with zero attached hydrogens (tertiary/aromatic N) is 3. The standard InChI is InChI=1S/C32H31Cl2N5O8/c33-19-8-4-9-20(34)28(19)24-17-35-31(47-24)29(44)22(16-27(42)43)37-30(45)23-10-5-15-38-26(41)14-12-21(32(46)39(23)38)36-25(40)13-11-18-6-2-1-3-7-18/h1-4,6-9,17,21-23H,5,10-16H2,(H,36,40)(H,37,45)(H,42,43)/t21?,22-,23-/m0/s1. The number of aryl methyl sites for hydroxylation is 1. The molecule has 1 aromatic heterocycles. The molecule has 0 saturated carbocycles. The van der Waals surface area contributed by atoms with Gasteiger partial charge in [-0.2, -0.15) is 0 Å². The van der Waals surface area contributed by atoms with Gasteiger partial charge in [-0.25, -0.2) is 9.99 Å². The fourth-order valence-corrected chi connectivity index (χ4v) is 6.20. The number of carbonyl (C=O) groups is 6. The van der Waals surface area contributed by atoms with Crippen LogP contribution >= 0.6 is 23.2 Å². The number of benzene rings is 2. The summed E-state index contributed by atoms with van der Waals surface area (Å²) in [5.74, 6) is -5.07. The Kier molecular flexibility index (Phi) is 10.6. The molecule has 5 rings (SSSR count). The molecule has 47 heavy (non-hydrogen) atoms. The summed E-state index contributed by atoms with van der Waals surface area (Å²) in [7, 11) is 0. The van der Waals surface area contributed by atoms with Gasteiger partial charge in [0.15, 0.2) is 5.76 Å². The van der Waals surface area contributed by atoms with E-state index in [4.69, 9.17) is 27.6 Å². The summed E-state index contributed by atoms with van der Waals surface area (Å²) in [6.45, 7) is 0.171. The van der Waals surface area contributed by atoms with E-state index in [9.17, 15) is 33.9 Å². The monoisotopic (exact) mass is 683 g/mol. The second-order valence-electron chi connectivity index (χ2n) is 11.2. The minimum Gasteiger partial charge on any atom is -0.481 e. The predicted molar refractivity (Wildman–Crippen MR) is 168 cm³/mol. The van der Waals surface area contributed by atoms with Crippen molar-refractivity contribution < 1.29 is 38.3 Å². The first-order valence-corrected chi connectivity index (χ1v) is 15.7. The van der Waals surface area contributed by atoms with Crippen LogP contribution in [-0.4, -0.2) is 80.2 Å². The minimum atomic E-state index is -1.63. The number of rotatable bonds is 11. The number of oxazole rings is 1. The van der Waals surface area contributed by atoms with Crippen molar-refractivity contribution in [1.29, 1.82) is 0 Å². The first kappa shape index (κ1) is 33.6. The number of aromatic nitrogens is 1. The van der Waals surface area contributed by atoms with Crippen LogP contribution in [0.5, 0.6) is 0 Å². The topological polar surface area (TPSA) is 179 Å². The summed E-state index contributed by atoms with van der Waals surface area (Å²) in [5, 5.41) is 17.4. The van der Waals surface area contributed by atoms with Crippen molar-refractivity contribution in [3.63, 3.8) is 0 Å². The van der Waals surface area contributed by atoms with Gasteiger partial charge < -0.3 is 20.2 Å². The molecule has 2 aliphatic heterocycles. The van der Waals surface area contributed by atoms with E-state index in [2.05, 4.69) is 15.6 Å². The highest BCUT2D eigenvalue weighted by Gasteiger charge is 2.45. The lowest BCUT2D eigenvalue weighted by Gasteiger charge is -2.43. The van der Waals surface area contributed by atoms with Crippen molar-refractivity contribution >= 4 is 58.6 Å². The molecule has 246 valence electrons. The van der Waals surface area contributed by atoms with Gasteiger partial charge in [-0.3, -0.25) is 33.8 Å². The summed E-state index contributed by atoms with van der Waals surface area (Å²) in [6.07, 6.45) is 1.43. The van der Waals surface area contributed by atoms with Gasteiger partial charge >= 0.3 is 5.97 Å². The summed E-state index contributed by atoms with van der Waals surface area (Å²) in [4.78, 5) is 82.4. The number of nitrogens with one attached hydrogen (secondary N) is 2. The normalized spacial score (nSPS) is 18.6. The van der Waals surface area contributed by atoms with E-state index in [-0.39, 0.29) is 59.5 Å². The Balaban J connectivity index is 1.32. The molecule has 0 radical (unpaired) electrons. The lowest BCUT2D eigenvalue weighted by Crippen LogP contribution is -2.64. The molecule has 3 atom stereocenters. The highest BCUT2D eigenvalue weighted by molar-refractivity contribution is 6.39. The average molecular weight is 685 g/mol. The van der Waals surface area contributed by atoms with Crippen LogP contribution in [0.25, 0.3) is 11.3 Å². The Morgan fingerprint density at radius 3 is 2.45 bits per heavy atom. The van der Waals surface area contributed by atoms with Crippen molar-refractivity contribution in [2.75, 3.05) is 6.54 Å². The highest BCUT2D eigenvalue weighted by atomic mass is 35.5. The SMILES string of the molecule is O=C(O)C[C@H](NC(=O)[C@@H]1CCCN2C(=O)CCC(NC(=O)CCc3ccccc3)C(=O)N12)C(=O)c1ncc(-c2c(Cl)cccc2Cl)o1. The molecule has 2 saturated heterocycles. The third-order valence-corrected chi connectivity index (χ3v) is 8.55. The molecule has 0 bridgehead atoms. The second kappa shape index (κ2) is 14.8. The van der Waals surface area contributed by atoms with E-state index in [1.54, 1.807) is 18.2 Å². The molecule has 0 aliphatic carbocycles. The van der Waals surface area contributed by atoms with Gasteiger partial charge in [-0.15, -0.1) is 0 Å². The van der Waals surface area contributed by atoms with E-state index < -0.39 is 59.9 Å². The number of carbonyl (C=O) groups excluding carboxylic acids is 5. The Labute approximate surface area is 279 Å². The maximum Gasteiger partial charge on any atom is 0.305 e. The van der Waals surface area contributed by atoms with Crippen molar-refractivity contribution in [2.24, 2.45) is 0 Å². The fourth-order valence-electron chi connectivity index (χ4n) is 5.61. The van der Waals surface area contributed by atoms with Crippen LogP contribution in [0, 0.1) is 0 Å². The van der Waals surface area contributed by atoms with Crippen LogP contribution in [-0.2, 0) is 30.4 Å². The zero-order chi connectivity index (χ0) is 33.7. The van der Waals surface area contributed by atoms with E-state index >= 15 is 0 Å². The molecule has 2 fully saturated rings. The molecule has 0 spiro atoms. The molecule has 2 aromatic carbocycles. The molecular weight excluding hydrogens is 653 g/mol. The van der Waals surface area contributed by atoms with Crippen molar-refractivity contribution in [1.82, 2.24) is 25.6 Å². The third-order valence-electron chi connectivity index (χ3n) is 7.92. The molecule has 3 N–H and O–H groups in total. The largest absolute Gasteiger partial charge is 0.481 e. The minimum absolute atomic E-state index is 0.0394. The first-order valence-electron chi connectivity index (χ1n) is 15.0. The van der Waals surface area contributed by atoms with Gasteiger partial charge in [-0.05, 0) is 43.4 Å². The molecule has 15 heteroatoms. The Hall–Kier alpha value is -4.75. The average Bonchev–Trinajstić information content (AvgIpc) is 3.50. The number of ketones is 1. The molecule has 13 nitrogen and oxygen atoms in total. The Morgan fingerprint density at radius 2 is 1.74 bits per heavy atom. The highest BCUT2D eigenvalue weighted by Crippen LogP contribution is 2.35. The van der Waals surface area contributed by atoms with Gasteiger partial charge in [0, 0.05) is 19.4 Å². The van der Waals surface area contributed by atoms with Crippen LogP contribution in [0.3, 0.4) is 0 Å². The van der Waals surface area contributed by atoms with Gasteiger partial charge in [-0.1, -0.05) is 59.6 Å². The molecule has 3 aromatic rings. The molecule has 4 amide bonds. The number of hydrogen-bond donors (Lipinski definition) is 3. The van der Waals surface area contributed by atoms with Crippen LogP contribution in [0.1, 0.15) is 54.8 Å². The number of halogens is 2. The number of carboxylic acids is 1. The zero-order valence-electron chi connectivity index (χ0n) is 25.0. The quantitative estimate of drug-likeness (QED) is 0.255. The third kappa shape index (κ3) is 7.80. The molecule has 1 unspecified atom stereocenters. The number of aliphatic carboxylic acids is 1. The van der Waals surface area contributed by atoms with Gasteiger partial charge in [0.2, 0.25) is 23.5 Å². The number of hydrazine groups is 1. The number of hydrogen-bond acceptors (Lipinski definition) is 8.